The van der Waals surface area contributed by atoms with E-state index in [1.54, 1.807) is 0 Å². The van der Waals surface area contributed by atoms with E-state index in [0.717, 1.165) is 43.3 Å². The molecule has 0 bridgehead atoms. The molecule has 0 saturated carbocycles. The Hall–Kier alpha value is -2.73. The van der Waals surface area contributed by atoms with Gasteiger partial charge in [0, 0.05) is 49.4 Å². The van der Waals surface area contributed by atoms with E-state index >= 15 is 0 Å². The minimum Gasteiger partial charge on any atom is -0.353 e. The summed E-state index contributed by atoms with van der Waals surface area (Å²) in [5.74, 6) is 0.976. The zero-order valence-corrected chi connectivity index (χ0v) is 17.1. The van der Waals surface area contributed by atoms with Crippen molar-refractivity contribution >= 4 is 5.82 Å². The molecule has 3 rings (SSSR count). The smallest absolute Gasteiger partial charge is 0.128 e. The van der Waals surface area contributed by atoms with Gasteiger partial charge >= 0.3 is 0 Å². The summed E-state index contributed by atoms with van der Waals surface area (Å²) >= 11 is 0. The number of nitrogens with one attached hydrogen (secondary N) is 1. The monoisotopic (exact) mass is 378 g/mol. The second-order valence-electron chi connectivity index (χ2n) is 7.14. The van der Waals surface area contributed by atoms with E-state index in [9.17, 15) is 0 Å². The fourth-order valence-electron chi connectivity index (χ4n) is 3.26. The summed E-state index contributed by atoms with van der Waals surface area (Å²) in [5.41, 5.74) is 4.56. The second-order valence-corrected chi connectivity index (χ2v) is 7.14. The Morgan fingerprint density at radius 3 is 2.50 bits per heavy atom. The summed E-state index contributed by atoms with van der Waals surface area (Å²) in [6, 6.07) is 8.30. The SMILES string of the molecule is CCCCN(C)Cc1cn[nH]c1-c1ccc(N(CC)Cc2ccncc2)nc1. The molecule has 28 heavy (non-hydrogen) atoms. The number of unbranched alkanes of at least 4 members (excludes halogenated alkanes) is 1. The van der Waals surface area contributed by atoms with Crippen molar-refractivity contribution in [3.63, 3.8) is 0 Å². The molecule has 3 heterocycles. The molecule has 3 aromatic rings. The third-order valence-electron chi connectivity index (χ3n) is 4.92. The molecule has 0 atom stereocenters. The van der Waals surface area contributed by atoms with Gasteiger partial charge in [0.15, 0.2) is 0 Å². The maximum absolute atomic E-state index is 4.72. The Morgan fingerprint density at radius 2 is 1.82 bits per heavy atom. The van der Waals surface area contributed by atoms with E-state index in [1.807, 2.05) is 36.9 Å². The lowest BCUT2D eigenvalue weighted by Gasteiger charge is -2.22. The number of nitrogens with zero attached hydrogens (tertiary/aromatic N) is 5. The summed E-state index contributed by atoms with van der Waals surface area (Å²) in [6.45, 7) is 8.07. The summed E-state index contributed by atoms with van der Waals surface area (Å²) < 4.78 is 0. The van der Waals surface area contributed by atoms with Crippen molar-refractivity contribution in [3.8, 4) is 11.3 Å². The highest BCUT2D eigenvalue weighted by Gasteiger charge is 2.12. The van der Waals surface area contributed by atoms with Gasteiger partial charge in [0.1, 0.15) is 5.82 Å². The summed E-state index contributed by atoms with van der Waals surface area (Å²) in [6.07, 6.45) is 9.95. The van der Waals surface area contributed by atoms with Gasteiger partial charge < -0.3 is 9.80 Å². The lowest BCUT2D eigenvalue weighted by Crippen LogP contribution is -2.23. The van der Waals surface area contributed by atoms with Crippen molar-refractivity contribution in [2.45, 2.75) is 39.8 Å². The normalized spacial score (nSPS) is 11.1. The molecule has 0 aromatic carbocycles. The predicted molar refractivity (Wildman–Crippen MR) is 114 cm³/mol. The van der Waals surface area contributed by atoms with Crippen molar-refractivity contribution in [2.24, 2.45) is 0 Å². The summed E-state index contributed by atoms with van der Waals surface area (Å²) in [4.78, 5) is 13.4. The van der Waals surface area contributed by atoms with E-state index in [-0.39, 0.29) is 0 Å². The van der Waals surface area contributed by atoms with Crippen molar-refractivity contribution in [1.82, 2.24) is 25.1 Å². The van der Waals surface area contributed by atoms with E-state index in [0.29, 0.717) is 0 Å². The fourth-order valence-corrected chi connectivity index (χ4v) is 3.26. The van der Waals surface area contributed by atoms with Crippen molar-refractivity contribution in [3.05, 3.63) is 60.2 Å². The maximum Gasteiger partial charge on any atom is 0.128 e. The molecule has 1 N–H and O–H groups in total. The van der Waals surface area contributed by atoms with E-state index in [4.69, 9.17) is 4.98 Å². The number of hydrogen-bond acceptors (Lipinski definition) is 5. The number of anilines is 1. The summed E-state index contributed by atoms with van der Waals surface area (Å²) in [5, 5.41) is 7.41. The zero-order valence-electron chi connectivity index (χ0n) is 17.1. The third-order valence-corrected chi connectivity index (χ3v) is 4.92. The highest BCUT2D eigenvalue weighted by molar-refractivity contribution is 5.63. The lowest BCUT2D eigenvalue weighted by molar-refractivity contribution is 0.321. The minimum absolute atomic E-state index is 0.822. The van der Waals surface area contributed by atoms with Gasteiger partial charge in [-0.1, -0.05) is 13.3 Å². The molecule has 0 saturated heterocycles. The van der Waals surface area contributed by atoms with Crippen molar-refractivity contribution in [2.75, 3.05) is 25.0 Å². The molecule has 0 fully saturated rings. The van der Waals surface area contributed by atoms with Crippen LogP contribution in [-0.2, 0) is 13.1 Å². The van der Waals surface area contributed by atoms with Gasteiger partial charge in [-0.2, -0.15) is 5.10 Å². The van der Waals surface area contributed by atoms with Gasteiger partial charge in [0.05, 0.1) is 11.9 Å². The average molecular weight is 379 g/mol. The fraction of sp³-hybridized carbons (Fsp3) is 0.409. The molecule has 0 aliphatic rings. The van der Waals surface area contributed by atoms with Crippen LogP contribution in [0.25, 0.3) is 11.3 Å². The number of hydrogen-bond donors (Lipinski definition) is 1. The van der Waals surface area contributed by atoms with Crippen LogP contribution >= 0.6 is 0 Å². The maximum atomic E-state index is 4.72. The number of rotatable bonds is 10. The van der Waals surface area contributed by atoms with Crippen LogP contribution in [0.1, 0.15) is 37.8 Å². The largest absolute Gasteiger partial charge is 0.353 e. The molecule has 0 amide bonds. The second kappa shape index (κ2) is 9.99. The van der Waals surface area contributed by atoms with Gasteiger partial charge in [-0.25, -0.2) is 4.98 Å². The molecule has 0 radical (unpaired) electrons. The van der Waals surface area contributed by atoms with Crippen LogP contribution in [0, 0.1) is 0 Å². The molecule has 3 aromatic heterocycles. The zero-order chi connectivity index (χ0) is 19.8. The highest BCUT2D eigenvalue weighted by atomic mass is 15.2. The standard InChI is InChI=1S/C22H30N6/c1-4-6-13-27(3)17-20-15-25-26-22(20)19-7-8-21(24-14-19)28(5-2)16-18-9-11-23-12-10-18/h7-12,14-15H,4-6,13,16-17H2,1-3H3,(H,25,26). The Labute approximate surface area is 167 Å². The lowest BCUT2D eigenvalue weighted by atomic mass is 10.1. The van der Waals surface area contributed by atoms with Gasteiger partial charge in [0.2, 0.25) is 0 Å². The first-order valence-corrected chi connectivity index (χ1v) is 10.0. The topological polar surface area (TPSA) is 60.9 Å². The number of aromatic nitrogens is 4. The first-order chi connectivity index (χ1) is 13.7. The van der Waals surface area contributed by atoms with Crippen LogP contribution in [-0.4, -0.2) is 45.2 Å². The quantitative estimate of drug-likeness (QED) is 0.575. The molecular formula is C22H30N6. The first-order valence-electron chi connectivity index (χ1n) is 10.0. The Balaban J connectivity index is 1.71. The van der Waals surface area contributed by atoms with Crippen LogP contribution in [0.15, 0.2) is 49.1 Å². The van der Waals surface area contributed by atoms with Crippen LogP contribution in [0.4, 0.5) is 5.82 Å². The predicted octanol–water partition coefficient (Wildman–Crippen LogP) is 4.13. The molecule has 0 spiro atoms. The molecule has 6 heteroatoms. The van der Waals surface area contributed by atoms with E-state index in [1.165, 1.54) is 24.0 Å². The van der Waals surface area contributed by atoms with Gasteiger partial charge in [0.25, 0.3) is 0 Å². The van der Waals surface area contributed by atoms with Gasteiger partial charge in [-0.3, -0.25) is 10.1 Å². The average Bonchev–Trinajstić information content (AvgIpc) is 3.19. The summed E-state index contributed by atoms with van der Waals surface area (Å²) in [7, 11) is 2.16. The van der Waals surface area contributed by atoms with Crippen LogP contribution in [0.2, 0.25) is 0 Å². The highest BCUT2D eigenvalue weighted by Crippen LogP contribution is 2.24. The Morgan fingerprint density at radius 1 is 1.00 bits per heavy atom. The van der Waals surface area contributed by atoms with Crippen LogP contribution in [0.3, 0.4) is 0 Å². The molecule has 6 nitrogen and oxygen atoms in total. The Bertz CT molecular complexity index is 828. The number of H-pyrrole nitrogens is 1. The molecular weight excluding hydrogens is 348 g/mol. The van der Waals surface area contributed by atoms with Crippen molar-refractivity contribution < 1.29 is 0 Å². The van der Waals surface area contributed by atoms with E-state index in [2.05, 4.69) is 58.0 Å². The van der Waals surface area contributed by atoms with E-state index < -0.39 is 0 Å². The molecule has 148 valence electrons. The molecule has 0 unspecified atom stereocenters. The van der Waals surface area contributed by atoms with Crippen LogP contribution in [0.5, 0.6) is 0 Å². The van der Waals surface area contributed by atoms with Crippen LogP contribution < -0.4 is 4.90 Å². The molecule has 0 aliphatic heterocycles. The van der Waals surface area contributed by atoms with Gasteiger partial charge in [-0.15, -0.1) is 0 Å². The Kier molecular flexibility index (Phi) is 7.14. The minimum atomic E-state index is 0.822. The molecule has 0 aliphatic carbocycles. The van der Waals surface area contributed by atoms with Crippen molar-refractivity contribution in [1.29, 1.82) is 0 Å². The third kappa shape index (κ3) is 5.16. The van der Waals surface area contributed by atoms with Gasteiger partial charge in [-0.05, 0) is 56.8 Å². The first kappa shape index (κ1) is 20.0. The number of pyridine rings is 2. The number of aromatic amines is 1.